The van der Waals surface area contributed by atoms with Gasteiger partial charge in [-0.2, -0.15) is 0 Å². The molecule has 0 saturated heterocycles. The molecule has 0 aliphatic rings. The van der Waals surface area contributed by atoms with Crippen LogP contribution in [-0.2, 0) is 6.54 Å². The van der Waals surface area contributed by atoms with Crippen LogP contribution in [0.2, 0.25) is 0 Å². The molecule has 3 aromatic rings. The Bertz CT molecular complexity index is 921. The maximum atomic E-state index is 12.7. The Hall–Kier alpha value is -2.34. The molecule has 0 N–H and O–H groups in total. The minimum Gasteiger partial charge on any atom is -0.497 e. The van der Waals surface area contributed by atoms with Crippen molar-refractivity contribution in [3.05, 3.63) is 63.1 Å². The Morgan fingerprint density at radius 3 is 2.70 bits per heavy atom. The normalized spacial score (nSPS) is 10.7. The van der Waals surface area contributed by atoms with Gasteiger partial charge in [0.1, 0.15) is 11.5 Å². The van der Waals surface area contributed by atoms with Gasteiger partial charge in [0, 0.05) is 10.0 Å². The van der Waals surface area contributed by atoms with E-state index in [0.717, 1.165) is 10.0 Å². The number of hydrogen-bond acceptors (Lipinski definition) is 4. The number of hydrogen-bond donors (Lipinski definition) is 0. The molecule has 0 amide bonds. The summed E-state index contributed by atoms with van der Waals surface area (Å²) >= 11 is 3.39. The fourth-order valence-corrected chi connectivity index (χ4v) is 2.79. The van der Waals surface area contributed by atoms with Gasteiger partial charge in [-0.25, -0.2) is 4.98 Å². The smallest absolute Gasteiger partial charge is 0.261 e. The highest BCUT2D eigenvalue weighted by Gasteiger charge is 2.09. The Kier molecular flexibility index (Phi) is 4.34. The van der Waals surface area contributed by atoms with Crippen molar-refractivity contribution < 1.29 is 9.47 Å². The highest BCUT2D eigenvalue weighted by molar-refractivity contribution is 9.10. The zero-order chi connectivity index (χ0) is 16.4. The highest BCUT2D eigenvalue weighted by Crippen LogP contribution is 2.24. The summed E-state index contributed by atoms with van der Waals surface area (Å²) < 4.78 is 13.0. The first-order valence-electron chi connectivity index (χ1n) is 6.98. The third-order valence-corrected chi connectivity index (χ3v) is 4.11. The molecule has 0 atom stereocenters. The fraction of sp³-hybridized carbons (Fsp3) is 0.176. The van der Waals surface area contributed by atoms with Crippen molar-refractivity contribution in [2.45, 2.75) is 6.54 Å². The summed E-state index contributed by atoms with van der Waals surface area (Å²) in [5, 5.41) is 0.573. The van der Waals surface area contributed by atoms with Crippen LogP contribution in [0.25, 0.3) is 10.9 Å². The molecule has 0 spiro atoms. The lowest BCUT2D eigenvalue weighted by molar-refractivity contribution is 0.397. The average Bonchev–Trinajstić information content (AvgIpc) is 2.57. The van der Waals surface area contributed by atoms with Gasteiger partial charge in [-0.1, -0.05) is 15.9 Å². The molecular formula is C17H15BrN2O3. The number of halogens is 1. The second kappa shape index (κ2) is 6.42. The lowest BCUT2D eigenvalue weighted by Gasteiger charge is -2.12. The number of nitrogens with zero attached hydrogens (tertiary/aromatic N) is 2. The molecule has 5 nitrogen and oxygen atoms in total. The summed E-state index contributed by atoms with van der Waals surface area (Å²) in [6.07, 6.45) is 1.55. The molecule has 1 aromatic heterocycles. The van der Waals surface area contributed by atoms with Crippen molar-refractivity contribution in [2.24, 2.45) is 0 Å². The molecule has 0 saturated carbocycles. The number of methoxy groups -OCH3 is 2. The van der Waals surface area contributed by atoms with E-state index in [1.165, 1.54) is 0 Å². The van der Waals surface area contributed by atoms with Crippen LogP contribution in [0.3, 0.4) is 0 Å². The van der Waals surface area contributed by atoms with Crippen LogP contribution in [0.1, 0.15) is 5.56 Å². The van der Waals surface area contributed by atoms with Gasteiger partial charge in [-0.15, -0.1) is 0 Å². The molecule has 118 valence electrons. The van der Waals surface area contributed by atoms with Crippen LogP contribution < -0.4 is 15.0 Å². The largest absolute Gasteiger partial charge is 0.497 e. The van der Waals surface area contributed by atoms with Crippen LogP contribution in [0.4, 0.5) is 0 Å². The Balaban J connectivity index is 2.08. The third-order valence-electron chi connectivity index (χ3n) is 3.61. The van der Waals surface area contributed by atoms with E-state index in [1.54, 1.807) is 31.2 Å². The maximum Gasteiger partial charge on any atom is 0.261 e. The van der Waals surface area contributed by atoms with Crippen LogP contribution in [0.15, 0.2) is 52.0 Å². The number of aromatic nitrogens is 2. The number of fused-ring (bicyclic) bond motifs is 1. The Morgan fingerprint density at radius 2 is 1.96 bits per heavy atom. The van der Waals surface area contributed by atoms with Gasteiger partial charge in [-0.05, 0) is 36.4 Å². The molecule has 0 radical (unpaired) electrons. The van der Waals surface area contributed by atoms with Crippen LogP contribution >= 0.6 is 15.9 Å². The van der Waals surface area contributed by atoms with Gasteiger partial charge < -0.3 is 9.47 Å². The molecule has 3 rings (SSSR count). The minimum absolute atomic E-state index is 0.0961. The minimum atomic E-state index is -0.0961. The first-order valence-corrected chi connectivity index (χ1v) is 7.77. The second-order valence-corrected chi connectivity index (χ2v) is 5.93. The van der Waals surface area contributed by atoms with Gasteiger partial charge in [0.05, 0.1) is 38.0 Å². The lowest BCUT2D eigenvalue weighted by Crippen LogP contribution is -2.21. The van der Waals surface area contributed by atoms with Gasteiger partial charge in [-0.3, -0.25) is 9.36 Å². The van der Waals surface area contributed by atoms with Crippen LogP contribution in [0.5, 0.6) is 11.5 Å². The molecule has 23 heavy (non-hydrogen) atoms. The monoisotopic (exact) mass is 374 g/mol. The lowest BCUT2D eigenvalue weighted by atomic mass is 10.2. The fourth-order valence-electron chi connectivity index (χ4n) is 2.43. The topological polar surface area (TPSA) is 53.4 Å². The summed E-state index contributed by atoms with van der Waals surface area (Å²) in [6, 6.07) is 11.0. The van der Waals surface area contributed by atoms with E-state index in [9.17, 15) is 4.79 Å². The van der Waals surface area contributed by atoms with E-state index < -0.39 is 0 Å². The van der Waals surface area contributed by atoms with E-state index in [-0.39, 0.29) is 5.56 Å². The summed E-state index contributed by atoms with van der Waals surface area (Å²) in [7, 11) is 3.21. The van der Waals surface area contributed by atoms with Gasteiger partial charge in [0.25, 0.3) is 5.56 Å². The molecule has 0 unspecified atom stereocenters. The average molecular weight is 375 g/mol. The van der Waals surface area contributed by atoms with Gasteiger partial charge >= 0.3 is 0 Å². The molecule has 0 aliphatic heterocycles. The molecule has 1 heterocycles. The van der Waals surface area contributed by atoms with E-state index in [0.29, 0.717) is 28.9 Å². The first kappa shape index (κ1) is 15.6. The third kappa shape index (κ3) is 3.07. The van der Waals surface area contributed by atoms with Crippen molar-refractivity contribution in [1.82, 2.24) is 9.55 Å². The second-order valence-electron chi connectivity index (χ2n) is 5.02. The van der Waals surface area contributed by atoms with Crippen molar-refractivity contribution >= 4 is 26.8 Å². The molecule has 6 heteroatoms. The standard InChI is InChI=1S/C17H15BrN2O3/c1-22-13-4-6-16(23-2)11(7-13)9-20-10-19-15-5-3-12(18)8-14(15)17(20)21/h3-8,10H,9H2,1-2H3. The number of rotatable bonds is 4. The van der Waals surface area contributed by atoms with Gasteiger partial charge in [0.15, 0.2) is 0 Å². The molecule has 2 aromatic carbocycles. The predicted octanol–water partition coefficient (Wildman–Crippen LogP) is 3.22. The zero-order valence-corrected chi connectivity index (χ0v) is 14.3. The molecule has 0 aliphatic carbocycles. The van der Waals surface area contributed by atoms with E-state index in [4.69, 9.17) is 9.47 Å². The Labute approximate surface area is 141 Å². The Morgan fingerprint density at radius 1 is 1.13 bits per heavy atom. The molecule has 0 bridgehead atoms. The summed E-state index contributed by atoms with van der Waals surface area (Å²) in [5.74, 6) is 1.41. The summed E-state index contributed by atoms with van der Waals surface area (Å²) in [4.78, 5) is 17.0. The SMILES string of the molecule is COc1ccc(OC)c(Cn2cnc3ccc(Br)cc3c2=O)c1. The van der Waals surface area contributed by atoms with E-state index >= 15 is 0 Å². The van der Waals surface area contributed by atoms with E-state index in [1.807, 2.05) is 30.3 Å². The highest BCUT2D eigenvalue weighted by atomic mass is 79.9. The first-order chi connectivity index (χ1) is 11.1. The quantitative estimate of drug-likeness (QED) is 0.703. The van der Waals surface area contributed by atoms with Crippen LogP contribution in [-0.4, -0.2) is 23.8 Å². The van der Waals surface area contributed by atoms with Crippen LogP contribution in [0, 0.1) is 0 Å². The van der Waals surface area contributed by atoms with Crippen molar-refractivity contribution in [3.63, 3.8) is 0 Å². The number of ether oxygens (including phenoxy) is 2. The molecular weight excluding hydrogens is 360 g/mol. The van der Waals surface area contributed by atoms with Gasteiger partial charge in [0.2, 0.25) is 0 Å². The van der Waals surface area contributed by atoms with E-state index in [2.05, 4.69) is 20.9 Å². The zero-order valence-electron chi connectivity index (χ0n) is 12.7. The molecule has 0 fully saturated rings. The number of benzene rings is 2. The summed E-state index contributed by atoms with van der Waals surface area (Å²) in [5.41, 5.74) is 1.43. The van der Waals surface area contributed by atoms with Crippen molar-refractivity contribution in [2.75, 3.05) is 14.2 Å². The van der Waals surface area contributed by atoms with Crippen molar-refractivity contribution in [3.8, 4) is 11.5 Å². The van der Waals surface area contributed by atoms with Crippen molar-refractivity contribution in [1.29, 1.82) is 0 Å². The maximum absolute atomic E-state index is 12.7. The predicted molar refractivity (Wildman–Crippen MR) is 92.4 cm³/mol. The summed E-state index contributed by atoms with van der Waals surface area (Å²) in [6.45, 7) is 0.356.